The summed E-state index contributed by atoms with van der Waals surface area (Å²) in [6, 6.07) is 17.1. The Bertz CT molecular complexity index is 1390. The predicted octanol–water partition coefficient (Wildman–Crippen LogP) is 10.5. The van der Waals surface area contributed by atoms with E-state index in [1.54, 1.807) is 24.3 Å². The Kier molecular flexibility index (Phi) is 16.4. The molecular formula is C38H46F4O6. The van der Waals surface area contributed by atoms with Crippen molar-refractivity contribution in [3.63, 3.8) is 0 Å². The molecule has 6 nitrogen and oxygen atoms in total. The Labute approximate surface area is 280 Å². The average molecular weight is 675 g/mol. The van der Waals surface area contributed by atoms with Crippen molar-refractivity contribution in [3.8, 4) is 22.6 Å². The molecule has 0 N–H and O–H groups in total. The summed E-state index contributed by atoms with van der Waals surface area (Å²) in [5, 5.41) is 0. The topological polar surface area (TPSA) is 71.1 Å². The van der Waals surface area contributed by atoms with Gasteiger partial charge in [-0.1, -0.05) is 83.1 Å². The second-order valence-electron chi connectivity index (χ2n) is 11.6. The first kappa shape index (κ1) is 38.5. The molecule has 0 fully saturated rings. The van der Waals surface area contributed by atoms with Crippen LogP contribution in [0.3, 0.4) is 0 Å². The van der Waals surface area contributed by atoms with Gasteiger partial charge in [-0.2, -0.15) is 13.2 Å². The van der Waals surface area contributed by atoms with Gasteiger partial charge in [0.25, 0.3) is 0 Å². The first-order valence-corrected chi connectivity index (χ1v) is 16.8. The minimum Gasteiger partial charge on any atom is -0.494 e. The van der Waals surface area contributed by atoms with Crippen LogP contribution in [0.1, 0.15) is 105 Å². The van der Waals surface area contributed by atoms with Crippen LogP contribution < -0.4 is 9.47 Å². The minimum absolute atomic E-state index is 0.0140. The highest BCUT2D eigenvalue weighted by molar-refractivity contribution is 5.92. The predicted molar refractivity (Wildman–Crippen MR) is 177 cm³/mol. The molecular weight excluding hydrogens is 628 g/mol. The number of ether oxygens (including phenoxy) is 4. The molecule has 1 atom stereocenters. The molecule has 3 rings (SSSR count). The second-order valence-corrected chi connectivity index (χ2v) is 11.6. The molecule has 0 bridgehead atoms. The van der Waals surface area contributed by atoms with Crippen molar-refractivity contribution in [2.45, 2.75) is 96.8 Å². The molecule has 0 heterocycles. The molecule has 0 aliphatic rings. The van der Waals surface area contributed by atoms with E-state index in [1.807, 2.05) is 31.2 Å². The molecule has 0 amide bonds. The Hall–Kier alpha value is -3.92. The maximum Gasteiger partial charge on any atom is 0.425 e. The zero-order valence-corrected chi connectivity index (χ0v) is 27.8. The van der Waals surface area contributed by atoms with Gasteiger partial charge in [0, 0.05) is 19.3 Å². The summed E-state index contributed by atoms with van der Waals surface area (Å²) in [6.07, 6.45) is 2.47. The third-order valence-corrected chi connectivity index (χ3v) is 7.71. The van der Waals surface area contributed by atoms with Crippen molar-refractivity contribution in [3.05, 3.63) is 83.7 Å². The van der Waals surface area contributed by atoms with Crippen LogP contribution in [0.25, 0.3) is 11.1 Å². The van der Waals surface area contributed by atoms with Crippen LogP contribution >= 0.6 is 0 Å². The lowest BCUT2D eigenvalue weighted by atomic mass is 10.0. The Morgan fingerprint density at radius 1 is 0.667 bits per heavy atom. The number of benzene rings is 3. The van der Waals surface area contributed by atoms with Gasteiger partial charge >= 0.3 is 18.1 Å². The molecule has 0 aliphatic carbocycles. The molecule has 0 saturated heterocycles. The third kappa shape index (κ3) is 13.3. The molecule has 0 saturated carbocycles. The van der Waals surface area contributed by atoms with E-state index >= 15 is 0 Å². The van der Waals surface area contributed by atoms with Gasteiger partial charge in [0.15, 0.2) is 6.10 Å². The number of carbonyl (C=O) groups excluding carboxylic acids is 2. The van der Waals surface area contributed by atoms with Crippen LogP contribution in [-0.2, 0) is 9.47 Å². The SMILES string of the molecule is CCCCCCCCCOc1ccc(-c2ccc(C(=O)Oc3ccc(C(=O)OC(CCCOCCCC)C(F)(F)F)c(F)c3)cc2)cc1. The monoisotopic (exact) mass is 674 g/mol. The molecule has 262 valence electrons. The highest BCUT2D eigenvalue weighted by Gasteiger charge is 2.42. The third-order valence-electron chi connectivity index (χ3n) is 7.71. The molecule has 0 radical (unpaired) electrons. The molecule has 10 heteroatoms. The van der Waals surface area contributed by atoms with Gasteiger partial charge in [-0.15, -0.1) is 0 Å². The van der Waals surface area contributed by atoms with E-state index < -0.39 is 42.0 Å². The van der Waals surface area contributed by atoms with E-state index in [1.165, 1.54) is 32.1 Å². The summed E-state index contributed by atoms with van der Waals surface area (Å²) in [6.45, 7) is 5.37. The van der Waals surface area contributed by atoms with Gasteiger partial charge in [0.2, 0.25) is 0 Å². The highest BCUT2D eigenvalue weighted by atomic mass is 19.4. The van der Waals surface area contributed by atoms with Crippen LogP contribution in [0.4, 0.5) is 17.6 Å². The van der Waals surface area contributed by atoms with E-state index in [9.17, 15) is 27.2 Å². The molecule has 0 spiro atoms. The summed E-state index contributed by atoms with van der Waals surface area (Å²) in [5.41, 5.74) is 1.28. The second kappa shape index (κ2) is 20.4. The lowest BCUT2D eigenvalue weighted by molar-refractivity contribution is -0.206. The van der Waals surface area contributed by atoms with Gasteiger partial charge < -0.3 is 18.9 Å². The number of esters is 2. The van der Waals surface area contributed by atoms with Crippen LogP contribution in [-0.4, -0.2) is 44.0 Å². The summed E-state index contributed by atoms with van der Waals surface area (Å²) in [4.78, 5) is 25.1. The molecule has 3 aromatic carbocycles. The smallest absolute Gasteiger partial charge is 0.425 e. The standard InChI is InChI=1S/C38H46F4O6/c1-3-5-7-8-9-10-11-26-46-31-20-18-29(19-21-31)28-14-16-30(17-15-28)36(43)47-32-22-23-33(34(39)27-32)37(44)48-35(38(40,41)42)13-12-25-45-24-6-4-2/h14-23,27,35H,3-13,24-26H2,1-2H3. The van der Waals surface area contributed by atoms with Gasteiger partial charge in [-0.05, 0) is 73.2 Å². The van der Waals surface area contributed by atoms with E-state index in [2.05, 4.69) is 11.7 Å². The van der Waals surface area contributed by atoms with Crippen LogP contribution in [0, 0.1) is 5.82 Å². The Morgan fingerprint density at radius 3 is 1.88 bits per heavy atom. The average Bonchev–Trinajstić information content (AvgIpc) is 3.07. The Balaban J connectivity index is 1.49. The van der Waals surface area contributed by atoms with E-state index in [0.29, 0.717) is 13.2 Å². The maximum absolute atomic E-state index is 14.7. The summed E-state index contributed by atoms with van der Waals surface area (Å²) in [7, 11) is 0. The largest absolute Gasteiger partial charge is 0.494 e. The zero-order chi connectivity index (χ0) is 34.8. The lowest BCUT2D eigenvalue weighted by Crippen LogP contribution is -2.34. The first-order chi connectivity index (χ1) is 23.1. The number of rotatable bonds is 21. The number of alkyl halides is 3. The van der Waals surface area contributed by atoms with Crippen molar-refractivity contribution in [1.82, 2.24) is 0 Å². The molecule has 48 heavy (non-hydrogen) atoms. The normalized spacial score (nSPS) is 12.0. The number of hydrogen-bond acceptors (Lipinski definition) is 6. The molecule has 1 unspecified atom stereocenters. The fourth-order valence-electron chi connectivity index (χ4n) is 4.88. The summed E-state index contributed by atoms with van der Waals surface area (Å²) < 4.78 is 76.1. The van der Waals surface area contributed by atoms with Gasteiger partial charge in [-0.3, -0.25) is 0 Å². The van der Waals surface area contributed by atoms with Crippen molar-refractivity contribution >= 4 is 11.9 Å². The van der Waals surface area contributed by atoms with Crippen LogP contribution in [0.2, 0.25) is 0 Å². The van der Waals surface area contributed by atoms with Gasteiger partial charge in [0.05, 0.1) is 17.7 Å². The van der Waals surface area contributed by atoms with Crippen LogP contribution in [0.5, 0.6) is 11.5 Å². The summed E-state index contributed by atoms with van der Waals surface area (Å²) >= 11 is 0. The van der Waals surface area contributed by atoms with Gasteiger partial charge in [-0.25, -0.2) is 14.0 Å². The maximum atomic E-state index is 14.7. The summed E-state index contributed by atoms with van der Waals surface area (Å²) in [5.74, 6) is -2.85. The first-order valence-electron chi connectivity index (χ1n) is 16.8. The van der Waals surface area contributed by atoms with Gasteiger partial charge in [0.1, 0.15) is 17.3 Å². The van der Waals surface area contributed by atoms with Crippen molar-refractivity contribution in [2.24, 2.45) is 0 Å². The van der Waals surface area contributed by atoms with E-state index in [0.717, 1.165) is 60.8 Å². The fourth-order valence-corrected chi connectivity index (χ4v) is 4.88. The number of carbonyl (C=O) groups is 2. The molecule has 0 aromatic heterocycles. The molecule has 3 aromatic rings. The van der Waals surface area contributed by atoms with E-state index in [-0.39, 0.29) is 24.3 Å². The fraction of sp³-hybridized carbons (Fsp3) is 0.474. The molecule has 0 aliphatic heterocycles. The quantitative estimate of drug-likeness (QED) is 0.0485. The number of halogens is 4. The highest BCUT2D eigenvalue weighted by Crippen LogP contribution is 2.29. The van der Waals surface area contributed by atoms with Crippen molar-refractivity contribution in [1.29, 1.82) is 0 Å². The number of hydrogen-bond donors (Lipinski definition) is 0. The van der Waals surface area contributed by atoms with Crippen LogP contribution in [0.15, 0.2) is 66.7 Å². The zero-order valence-electron chi connectivity index (χ0n) is 27.8. The van der Waals surface area contributed by atoms with E-state index in [4.69, 9.17) is 14.2 Å². The Morgan fingerprint density at radius 2 is 1.25 bits per heavy atom. The lowest BCUT2D eigenvalue weighted by Gasteiger charge is -2.21. The minimum atomic E-state index is -4.83. The van der Waals surface area contributed by atoms with Crippen molar-refractivity contribution < 1.29 is 46.1 Å². The van der Waals surface area contributed by atoms with Crippen molar-refractivity contribution in [2.75, 3.05) is 19.8 Å². The number of unbranched alkanes of at least 4 members (excludes halogenated alkanes) is 7.